The van der Waals surface area contributed by atoms with Crippen LogP contribution >= 0.6 is 11.6 Å². The molecular formula is C32H34ClN5O9S2. The number of pyridine rings is 3. The first-order valence-electron chi connectivity index (χ1n) is 14.8. The Balaban J connectivity index is 1.48. The fourth-order valence-electron chi connectivity index (χ4n) is 5.39. The van der Waals surface area contributed by atoms with Crippen LogP contribution in [0.4, 0.5) is 5.82 Å². The lowest BCUT2D eigenvalue weighted by atomic mass is 10.0. The molecule has 1 unspecified atom stereocenters. The second-order valence-corrected chi connectivity index (χ2v) is 14.7. The Labute approximate surface area is 288 Å². The summed E-state index contributed by atoms with van der Waals surface area (Å²) in [6.07, 6.45) is 4.95. The molecule has 0 radical (unpaired) electrons. The first kappa shape index (κ1) is 36.0. The molecule has 0 aliphatic rings. The number of methoxy groups -OCH3 is 2. The Hall–Kier alpha value is -4.32. The van der Waals surface area contributed by atoms with Gasteiger partial charge in [0.15, 0.2) is 11.5 Å². The third-order valence-corrected chi connectivity index (χ3v) is 9.63. The molecule has 3 heterocycles. The highest BCUT2D eigenvalue weighted by molar-refractivity contribution is 7.86. The van der Waals surface area contributed by atoms with Gasteiger partial charge in [0, 0.05) is 58.9 Å². The smallest absolute Gasteiger partial charge is 0.266 e. The average molecular weight is 732 g/mol. The summed E-state index contributed by atoms with van der Waals surface area (Å²) in [5, 5.41) is 2.62. The van der Waals surface area contributed by atoms with Gasteiger partial charge in [0.2, 0.25) is 0 Å². The number of anilines is 1. The number of nitrogen functional groups attached to an aromatic ring is 1. The molecule has 5 rings (SSSR count). The van der Waals surface area contributed by atoms with Crippen LogP contribution in [-0.2, 0) is 26.7 Å². The summed E-state index contributed by atoms with van der Waals surface area (Å²) >= 11 is 6.43. The molecule has 0 saturated carbocycles. The minimum absolute atomic E-state index is 0.0709. The maximum atomic E-state index is 11.6. The van der Waals surface area contributed by atoms with Crippen molar-refractivity contribution >= 4 is 59.3 Å². The zero-order valence-electron chi connectivity index (χ0n) is 26.5. The number of aromatic nitrogens is 3. The Kier molecular flexibility index (Phi) is 11.1. The molecule has 260 valence electrons. The van der Waals surface area contributed by atoms with Gasteiger partial charge in [-0.15, -0.1) is 0 Å². The monoisotopic (exact) mass is 731 g/mol. The maximum Gasteiger partial charge on any atom is 0.266 e. The molecule has 3 aromatic heterocycles. The van der Waals surface area contributed by atoms with Gasteiger partial charge in [0.1, 0.15) is 18.2 Å². The van der Waals surface area contributed by atoms with Crippen LogP contribution in [0.3, 0.4) is 0 Å². The minimum atomic E-state index is -4.40. The molecule has 0 saturated heterocycles. The lowest BCUT2D eigenvalue weighted by Gasteiger charge is -2.31. The van der Waals surface area contributed by atoms with Crippen LogP contribution < -0.4 is 19.9 Å². The van der Waals surface area contributed by atoms with E-state index in [1.807, 2.05) is 12.1 Å². The van der Waals surface area contributed by atoms with Gasteiger partial charge in [0.05, 0.1) is 43.1 Å². The van der Waals surface area contributed by atoms with E-state index in [0.29, 0.717) is 50.0 Å². The summed E-state index contributed by atoms with van der Waals surface area (Å²) in [5.41, 5.74) is 8.82. The van der Waals surface area contributed by atoms with E-state index in [9.17, 15) is 25.9 Å². The van der Waals surface area contributed by atoms with Crippen molar-refractivity contribution in [3.05, 3.63) is 77.7 Å². The Morgan fingerprint density at radius 2 is 1.55 bits per heavy atom. The lowest BCUT2D eigenvalue weighted by Crippen LogP contribution is -2.45. The number of fused-ring (bicyclic) bond motifs is 3. The molecule has 0 aliphatic heterocycles. The summed E-state index contributed by atoms with van der Waals surface area (Å²) in [6.45, 7) is -0.561. The Bertz CT molecular complexity index is 2170. The third-order valence-electron chi connectivity index (χ3n) is 7.87. The number of halogens is 1. The van der Waals surface area contributed by atoms with Gasteiger partial charge in [-0.1, -0.05) is 29.8 Å². The number of nitrogens with two attached hydrogens (primary N) is 1. The first-order chi connectivity index (χ1) is 23.2. The molecule has 0 aliphatic carbocycles. The second kappa shape index (κ2) is 15.1. The van der Waals surface area contributed by atoms with Crippen LogP contribution in [0.15, 0.2) is 67.1 Å². The lowest BCUT2D eigenvalue weighted by molar-refractivity contribution is 0.145. The van der Waals surface area contributed by atoms with Crippen LogP contribution in [0.25, 0.3) is 32.9 Å². The van der Waals surface area contributed by atoms with E-state index in [0.717, 1.165) is 10.8 Å². The summed E-state index contributed by atoms with van der Waals surface area (Å²) in [4.78, 5) is 14.9. The fourth-order valence-corrected chi connectivity index (χ4v) is 6.53. The predicted octanol–water partition coefficient (Wildman–Crippen LogP) is 4.17. The molecular weight excluding hydrogens is 698 g/mol. The van der Waals surface area contributed by atoms with Crippen molar-refractivity contribution in [1.82, 2.24) is 19.9 Å². The van der Waals surface area contributed by atoms with Crippen LogP contribution in [0.2, 0.25) is 5.02 Å². The van der Waals surface area contributed by atoms with Crippen molar-refractivity contribution in [2.45, 2.75) is 12.5 Å². The quantitative estimate of drug-likeness (QED) is 0.102. The average Bonchev–Trinajstić information content (AvgIpc) is 3.06. The standard InChI is InChI=1S/C32H34ClN5O9S2/c1-45-30-14-25-24-13-28(37-32(34)26(24)18-36-29(25)15-31(30)46-2)21-12-23(17-35-16-21)47-19-22(11-20-5-3-4-6-27(20)33)38(7-9-48(39,40)41)8-10-49(42,43)44/h3-6,12-18,22H,7-11,19H2,1-2H3,(H2,34,37)(H,39,40,41)(H,42,43,44). The molecule has 0 fully saturated rings. The Morgan fingerprint density at radius 3 is 2.20 bits per heavy atom. The number of hydrogen-bond acceptors (Lipinski definition) is 12. The number of rotatable bonds is 15. The van der Waals surface area contributed by atoms with Gasteiger partial charge in [-0.05, 0) is 41.6 Å². The highest BCUT2D eigenvalue weighted by Crippen LogP contribution is 2.37. The van der Waals surface area contributed by atoms with Gasteiger partial charge in [-0.25, -0.2) is 4.98 Å². The molecule has 0 amide bonds. The van der Waals surface area contributed by atoms with Gasteiger partial charge in [-0.3, -0.25) is 24.0 Å². The molecule has 2 aromatic carbocycles. The number of nitrogens with zero attached hydrogens (tertiary/aromatic N) is 4. The number of hydrogen-bond donors (Lipinski definition) is 3. The van der Waals surface area contributed by atoms with E-state index in [2.05, 4.69) is 15.0 Å². The van der Waals surface area contributed by atoms with E-state index in [1.54, 1.807) is 63.0 Å². The van der Waals surface area contributed by atoms with Gasteiger partial charge < -0.3 is 19.9 Å². The SMILES string of the molecule is COc1cc2ncc3c(N)nc(-c4cncc(OCC(Cc5ccccc5Cl)N(CCS(=O)(=O)O)CCS(=O)(=O)O)c4)cc3c2cc1OC. The first-order valence-corrected chi connectivity index (χ1v) is 18.4. The van der Waals surface area contributed by atoms with Crippen LogP contribution in [-0.4, -0.2) is 97.3 Å². The zero-order chi connectivity index (χ0) is 35.3. The van der Waals surface area contributed by atoms with Crippen molar-refractivity contribution in [2.75, 3.05) is 51.2 Å². The molecule has 4 N–H and O–H groups in total. The molecule has 5 aromatic rings. The third kappa shape index (κ3) is 9.23. The summed E-state index contributed by atoms with van der Waals surface area (Å²) < 4.78 is 82.5. The second-order valence-electron chi connectivity index (χ2n) is 11.1. The Morgan fingerprint density at radius 1 is 0.878 bits per heavy atom. The molecule has 49 heavy (non-hydrogen) atoms. The zero-order valence-corrected chi connectivity index (χ0v) is 28.9. The summed E-state index contributed by atoms with van der Waals surface area (Å²) in [5.74, 6) is 0.278. The minimum Gasteiger partial charge on any atom is -0.493 e. The molecule has 17 heteroatoms. The van der Waals surface area contributed by atoms with Gasteiger partial charge >= 0.3 is 0 Å². The van der Waals surface area contributed by atoms with Crippen LogP contribution in [0.1, 0.15) is 5.56 Å². The topological polar surface area (TPSA) is 204 Å². The summed E-state index contributed by atoms with van der Waals surface area (Å²) in [6, 6.07) is 13.5. The van der Waals surface area contributed by atoms with Crippen molar-refractivity contribution in [3.8, 4) is 28.5 Å². The van der Waals surface area contributed by atoms with Crippen molar-refractivity contribution < 1.29 is 40.2 Å². The van der Waals surface area contributed by atoms with E-state index in [4.69, 9.17) is 31.5 Å². The maximum absolute atomic E-state index is 11.6. The van der Waals surface area contributed by atoms with Gasteiger partial charge in [0.25, 0.3) is 20.2 Å². The predicted molar refractivity (Wildman–Crippen MR) is 187 cm³/mol. The molecule has 1 atom stereocenters. The summed E-state index contributed by atoms with van der Waals surface area (Å²) in [7, 11) is -5.70. The van der Waals surface area contributed by atoms with Gasteiger partial charge in [-0.2, -0.15) is 16.8 Å². The number of ether oxygens (including phenoxy) is 3. The normalized spacial score (nSPS) is 12.8. The largest absolute Gasteiger partial charge is 0.493 e. The van der Waals surface area contributed by atoms with E-state index >= 15 is 0 Å². The number of benzene rings is 2. The molecule has 14 nitrogen and oxygen atoms in total. The van der Waals surface area contributed by atoms with Crippen molar-refractivity contribution in [1.29, 1.82) is 0 Å². The highest BCUT2D eigenvalue weighted by Gasteiger charge is 2.25. The van der Waals surface area contributed by atoms with Crippen molar-refractivity contribution in [2.24, 2.45) is 0 Å². The molecule has 0 bridgehead atoms. The highest BCUT2D eigenvalue weighted by atomic mass is 35.5. The molecule has 0 spiro atoms. The van der Waals surface area contributed by atoms with Crippen molar-refractivity contribution in [3.63, 3.8) is 0 Å². The van der Waals surface area contributed by atoms with Crippen LogP contribution in [0, 0.1) is 0 Å². The van der Waals surface area contributed by atoms with E-state index in [-0.39, 0.29) is 31.9 Å². The van der Waals surface area contributed by atoms with E-state index < -0.39 is 37.8 Å². The fraction of sp³-hybridized carbons (Fsp3) is 0.281. The van der Waals surface area contributed by atoms with E-state index in [1.165, 1.54) is 11.1 Å². The van der Waals surface area contributed by atoms with Crippen LogP contribution in [0.5, 0.6) is 17.2 Å².